The first-order valence-electron chi connectivity index (χ1n) is 7.61. The van der Waals surface area contributed by atoms with Gasteiger partial charge in [-0.05, 0) is 55.7 Å². The average Bonchev–Trinajstić information content (AvgIpc) is 2.56. The molecule has 0 unspecified atom stereocenters. The minimum atomic E-state index is -0.890. The van der Waals surface area contributed by atoms with Gasteiger partial charge in [0.05, 0.1) is 6.20 Å². The summed E-state index contributed by atoms with van der Waals surface area (Å²) in [6.07, 6.45) is 1.57. The van der Waals surface area contributed by atoms with Crippen LogP contribution in [0.1, 0.15) is 11.1 Å². The van der Waals surface area contributed by atoms with Crippen molar-refractivity contribution in [2.75, 3.05) is 5.32 Å². The third-order valence-electron chi connectivity index (χ3n) is 3.61. The van der Waals surface area contributed by atoms with Gasteiger partial charge in [0.15, 0.2) is 5.82 Å². The Hall–Kier alpha value is -2.89. The number of hydrogen-bond donors (Lipinski definition) is 1. The van der Waals surface area contributed by atoms with Crippen LogP contribution in [-0.4, -0.2) is 9.97 Å². The van der Waals surface area contributed by atoms with Gasteiger partial charge in [0.25, 0.3) is 0 Å². The molecule has 127 valence electrons. The predicted molar refractivity (Wildman–Crippen MR) is 90.9 cm³/mol. The molecule has 0 amide bonds. The molecule has 3 rings (SSSR count). The number of hydrogen-bond acceptors (Lipinski definition) is 3. The molecule has 1 radical (unpaired) electrons. The summed E-state index contributed by atoms with van der Waals surface area (Å²) >= 11 is 0. The molecular weight excluding hydrogens is 327 g/mol. The van der Waals surface area contributed by atoms with E-state index in [0.29, 0.717) is 12.5 Å². The maximum atomic E-state index is 14.0. The molecule has 3 aromatic rings. The Labute approximate surface area is 143 Å². The maximum Gasteiger partial charge on any atom is 0.227 e. The van der Waals surface area contributed by atoms with Gasteiger partial charge in [-0.25, -0.2) is 23.1 Å². The van der Waals surface area contributed by atoms with E-state index < -0.39 is 17.5 Å². The van der Waals surface area contributed by atoms with Crippen LogP contribution in [0.2, 0.25) is 0 Å². The molecule has 1 aromatic heterocycles. The first-order chi connectivity index (χ1) is 12.0. The van der Waals surface area contributed by atoms with Gasteiger partial charge in [-0.3, -0.25) is 0 Å². The second-order valence-corrected chi connectivity index (χ2v) is 5.60. The third kappa shape index (κ3) is 3.79. The molecule has 1 heterocycles. The molecule has 0 saturated carbocycles. The van der Waals surface area contributed by atoms with Crippen LogP contribution in [0.15, 0.2) is 42.6 Å². The second kappa shape index (κ2) is 6.93. The highest BCUT2D eigenvalue weighted by atomic mass is 19.1. The lowest BCUT2D eigenvalue weighted by Gasteiger charge is -2.10. The Morgan fingerprint density at radius 3 is 2.56 bits per heavy atom. The SMILES string of the molecule is [CH2]Cc1cc(C)cc(Nc2ncc(F)c(-c3ccc(F)cc3F)n2)c1. The van der Waals surface area contributed by atoms with Gasteiger partial charge in [0.1, 0.15) is 17.3 Å². The molecule has 0 aliphatic rings. The number of nitrogens with zero attached hydrogens (tertiary/aromatic N) is 2. The Kier molecular flexibility index (Phi) is 4.70. The summed E-state index contributed by atoms with van der Waals surface area (Å²) in [5.41, 5.74) is 2.40. The summed E-state index contributed by atoms with van der Waals surface area (Å²) < 4.78 is 41.0. The van der Waals surface area contributed by atoms with Crippen LogP contribution in [0.5, 0.6) is 0 Å². The standard InChI is InChI=1S/C19H15F3N3/c1-3-12-6-11(2)7-14(8-12)24-19-23-10-17(22)18(25-19)15-5-4-13(20)9-16(15)21/h4-10H,1,3H2,2H3,(H,23,24,25). The largest absolute Gasteiger partial charge is 0.324 e. The first kappa shape index (κ1) is 17.0. The highest BCUT2D eigenvalue weighted by Gasteiger charge is 2.14. The van der Waals surface area contributed by atoms with Crippen LogP contribution in [-0.2, 0) is 6.42 Å². The highest BCUT2D eigenvalue weighted by molar-refractivity contribution is 5.63. The number of nitrogens with one attached hydrogen (secondary N) is 1. The zero-order chi connectivity index (χ0) is 18.0. The van der Waals surface area contributed by atoms with Crippen molar-refractivity contribution in [1.29, 1.82) is 0 Å². The number of halogens is 3. The van der Waals surface area contributed by atoms with Crippen LogP contribution in [0.25, 0.3) is 11.3 Å². The van der Waals surface area contributed by atoms with Crippen molar-refractivity contribution in [1.82, 2.24) is 9.97 Å². The van der Waals surface area contributed by atoms with Crippen molar-refractivity contribution >= 4 is 11.6 Å². The molecule has 6 heteroatoms. The van der Waals surface area contributed by atoms with Crippen LogP contribution < -0.4 is 5.32 Å². The van der Waals surface area contributed by atoms with E-state index in [1.165, 1.54) is 0 Å². The summed E-state index contributed by atoms with van der Waals surface area (Å²) in [5.74, 6) is -2.31. The van der Waals surface area contributed by atoms with Crippen molar-refractivity contribution in [3.63, 3.8) is 0 Å². The van der Waals surface area contributed by atoms with Crippen molar-refractivity contribution in [2.24, 2.45) is 0 Å². The molecule has 0 bridgehead atoms. The van der Waals surface area contributed by atoms with Crippen molar-refractivity contribution in [3.8, 4) is 11.3 Å². The second-order valence-electron chi connectivity index (χ2n) is 5.60. The number of aromatic nitrogens is 2. The molecule has 0 aliphatic heterocycles. The zero-order valence-corrected chi connectivity index (χ0v) is 13.5. The Balaban J connectivity index is 1.98. The van der Waals surface area contributed by atoms with Gasteiger partial charge in [-0.1, -0.05) is 6.07 Å². The lowest BCUT2D eigenvalue weighted by atomic mass is 10.1. The molecular formula is C19H15F3N3. The van der Waals surface area contributed by atoms with Gasteiger partial charge in [0.2, 0.25) is 5.95 Å². The Morgan fingerprint density at radius 1 is 1.04 bits per heavy atom. The topological polar surface area (TPSA) is 37.8 Å². The van der Waals surface area contributed by atoms with Crippen molar-refractivity contribution < 1.29 is 13.2 Å². The predicted octanol–water partition coefficient (Wildman–Crippen LogP) is 4.99. The average molecular weight is 342 g/mol. The number of anilines is 2. The quantitative estimate of drug-likeness (QED) is 0.726. The number of benzene rings is 2. The van der Waals surface area contributed by atoms with E-state index >= 15 is 0 Å². The van der Waals surface area contributed by atoms with E-state index in [9.17, 15) is 13.2 Å². The van der Waals surface area contributed by atoms with E-state index in [0.717, 1.165) is 35.1 Å². The molecule has 0 saturated heterocycles. The van der Waals surface area contributed by atoms with E-state index in [4.69, 9.17) is 0 Å². The Bertz CT molecular complexity index is 926. The maximum absolute atomic E-state index is 14.0. The molecule has 25 heavy (non-hydrogen) atoms. The van der Waals surface area contributed by atoms with Crippen LogP contribution in [0.3, 0.4) is 0 Å². The van der Waals surface area contributed by atoms with E-state index in [-0.39, 0.29) is 17.2 Å². The third-order valence-corrected chi connectivity index (χ3v) is 3.61. The lowest BCUT2D eigenvalue weighted by Crippen LogP contribution is -2.02. The van der Waals surface area contributed by atoms with Gasteiger partial charge in [-0.2, -0.15) is 0 Å². The van der Waals surface area contributed by atoms with Gasteiger partial charge < -0.3 is 5.32 Å². The molecule has 1 N–H and O–H groups in total. The lowest BCUT2D eigenvalue weighted by molar-refractivity contribution is 0.580. The van der Waals surface area contributed by atoms with E-state index in [1.54, 1.807) is 0 Å². The zero-order valence-electron chi connectivity index (χ0n) is 13.5. The summed E-state index contributed by atoms with van der Waals surface area (Å²) in [6, 6.07) is 8.64. The summed E-state index contributed by atoms with van der Waals surface area (Å²) in [7, 11) is 0. The summed E-state index contributed by atoms with van der Waals surface area (Å²) in [6.45, 7) is 5.79. The summed E-state index contributed by atoms with van der Waals surface area (Å²) in [5, 5.41) is 2.97. The fourth-order valence-electron chi connectivity index (χ4n) is 2.51. The fraction of sp³-hybridized carbons (Fsp3) is 0.105. The fourth-order valence-corrected chi connectivity index (χ4v) is 2.51. The van der Waals surface area contributed by atoms with Crippen molar-refractivity contribution in [3.05, 3.63) is 78.1 Å². The van der Waals surface area contributed by atoms with Crippen LogP contribution in [0.4, 0.5) is 24.8 Å². The molecule has 3 nitrogen and oxygen atoms in total. The van der Waals surface area contributed by atoms with Crippen LogP contribution in [0, 0.1) is 31.3 Å². The monoisotopic (exact) mass is 342 g/mol. The highest BCUT2D eigenvalue weighted by Crippen LogP contribution is 2.26. The molecule has 2 aromatic carbocycles. The Morgan fingerprint density at radius 2 is 1.84 bits per heavy atom. The smallest absolute Gasteiger partial charge is 0.227 e. The van der Waals surface area contributed by atoms with Gasteiger partial charge >= 0.3 is 0 Å². The molecule has 0 fully saturated rings. The van der Waals surface area contributed by atoms with Crippen LogP contribution >= 0.6 is 0 Å². The number of aryl methyl sites for hydroxylation is 1. The molecule has 0 aliphatic carbocycles. The first-order valence-corrected chi connectivity index (χ1v) is 7.61. The van der Waals surface area contributed by atoms with Crippen molar-refractivity contribution in [2.45, 2.75) is 13.3 Å². The van der Waals surface area contributed by atoms with E-state index in [1.807, 2.05) is 25.1 Å². The molecule has 0 atom stereocenters. The van der Waals surface area contributed by atoms with Gasteiger partial charge in [-0.15, -0.1) is 0 Å². The summed E-state index contributed by atoms with van der Waals surface area (Å²) in [4.78, 5) is 7.92. The number of rotatable bonds is 4. The molecule has 0 spiro atoms. The minimum absolute atomic E-state index is 0.112. The normalized spacial score (nSPS) is 10.8. The minimum Gasteiger partial charge on any atom is -0.324 e. The van der Waals surface area contributed by atoms with E-state index in [2.05, 4.69) is 22.2 Å². The van der Waals surface area contributed by atoms with Gasteiger partial charge in [0, 0.05) is 17.3 Å².